The highest BCUT2D eigenvalue weighted by Gasteiger charge is 2.21. The molecule has 5 heteroatoms. The molecule has 0 aliphatic carbocycles. The Kier molecular flexibility index (Phi) is 4.82. The normalized spacial score (nSPS) is 19.4. The van der Waals surface area contributed by atoms with Crippen LogP contribution in [0.15, 0.2) is 0 Å². The van der Waals surface area contributed by atoms with Gasteiger partial charge in [0.15, 0.2) is 0 Å². The van der Waals surface area contributed by atoms with Crippen LogP contribution in [0.25, 0.3) is 0 Å². The number of carbonyl (C=O) groups excluding carboxylic acids is 1. The minimum atomic E-state index is -0.444. The maximum Gasteiger partial charge on any atom is 0.239 e. The van der Waals surface area contributed by atoms with E-state index in [9.17, 15) is 9.18 Å². The van der Waals surface area contributed by atoms with Crippen molar-refractivity contribution >= 4 is 5.91 Å². The van der Waals surface area contributed by atoms with E-state index in [-0.39, 0.29) is 18.5 Å². The van der Waals surface area contributed by atoms with Gasteiger partial charge in [-0.3, -0.25) is 4.79 Å². The molecule has 82 valence electrons. The molecular weight excluding hydrogens is 187 g/mol. The molecule has 0 saturated carbocycles. The molecule has 14 heavy (non-hydrogen) atoms. The molecule has 0 aromatic rings. The molecule has 1 fully saturated rings. The molecule has 1 aliphatic rings. The summed E-state index contributed by atoms with van der Waals surface area (Å²) >= 11 is 0. The van der Waals surface area contributed by atoms with E-state index < -0.39 is 6.67 Å². The first-order chi connectivity index (χ1) is 6.75. The minimum Gasteiger partial charge on any atom is -0.378 e. The third-order valence-corrected chi connectivity index (χ3v) is 2.24. The van der Waals surface area contributed by atoms with E-state index in [0.717, 1.165) is 0 Å². The summed E-state index contributed by atoms with van der Waals surface area (Å²) in [5, 5.41) is 2.82. The molecule has 1 rings (SSSR count). The highest BCUT2D eigenvalue weighted by Crippen LogP contribution is 2.00. The number of nitrogens with one attached hydrogen (secondary N) is 1. The van der Waals surface area contributed by atoms with Crippen molar-refractivity contribution in [3.63, 3.8) is 0 Å². The zero-order valence-electron chi connectivity index (χ0n) is 8.46. The molecular formula is C9H17FN2O2. The molecule has 1 saturated heterocycles. The zero-order chi connectivity index (χ0) is 10.4. The number of ether oxygens (including phenoxy) is 1. The van der Waals surface area contributed by atoms with Crippen LogP contribution in [0.3, 0.4) is 0 Å². The standard InChI is InChI=1S/C9H17FN2O2/c1-8(11-3-2-10)9(13)12-4-6-14-7-5-12/h8,11H,2-7H2,1H3. The Bertz CT molecular complexity index is 184. The Balaban J connectivity index is 2.30. The van der Waals surface area contributed by atoms with E-state index in [1.165, 1.54) is 0 Å². The van der Waals surface area contributed by atoms with E-state index in [2.05, 4.69) is 5.32 Å². The predicted molar refractivity (Wildman–Crippen MR) is 50.8 cm³/mol. The monoisotopic (exact) mass is 204 g/mol. The summed E-state index contributed by atoms with van der Waals surface area (Å²) in [5.41, 5.74) is 0. The third-order valence-electron chi connectivity index (χ3n) is 2.24. The lowest BCUT2D eigenvalue weighted by Gasteiger charge is -2.29. The van der Waals surface area contributed by atoms with Crippen molar-refractivity contribution in [1.29, 1.82) is 0 Å². The van der Waals surface area contributed by atoms with Gasteiger partial charge >= 0.3 is 0 Å². The van der Waals surface area contributed by atoms with Crippen LogP contribution in [0.2, 0.25) is 0 Å². The second-order valence-electron chi connectivity index (χ2n) is 3.30. The first-order valence-corrected chi connectivity index (χ1v) is 4.91. The summed E-state index contributed by atoms with van der Waals surface area (Å²) in [5.74, 6) is 0.0294. The van der Waals surface area contributed by atoms with Crippen molar-refractivity contribution in [2.24, 2.45) is 0 Å². The Hall–Kier alpha value is -0.680. The van der Waals surface area contributed by atoms with Crippen LogP contribution >= 0.6 is 0 Å². The van der Waals surface area contributed by atoms with E-state index >= 15 is 0 Å². The van der Waals surface area contributed by atoms with E-state index in [4.69, 9.17) is 4.74 Å². The Morgan fingerprint density at radius 3 is 2.79 bits per heavy atom. The van der Waals surface area contributed by atoms with Gasteiger partial charge < -0.3 is 15.0 Å². The van der Waals surface area contributed by atoms with E-state index in [1.54, 1.807) is 11.8 Å². The molecule has 1 amide bonds. The number of amides is 1. The first-order valence-electron chi connectivity index (χ1n) is 4.91. The molecule has 0 aromatic carbocycles. The predicted octanol–water partition coefficient (Wildman–Crippen LogP) is -0.207. The summed E-state index contributed by atoms with van der Waals surface area (Å²) in [6.45, 7) is 4.02. The lowest BCUT2D eigenvalue weighted by atomic mass is 10.2. The SMILES string of the molecule is CC(NCCF)C(=O)N1CCOCC1. The number of hydrogen-bond acceptors (Lipinski definition) is 3. The molecule has 1 atom stereocenters. The number of nitrogens with zero attached hydrogens (tertiary/aromatic N) is 1. The van der Waals surface area contributed by atoms with Gasteiger partial charge in [-0.25, -0.2) is 4.39 Å². The Morgan fingerprint density at radius 1 is 1.57 bits per heavy atom. The largest absolute Gasteiger partial charge is 0.378 e. The maximum absolute atomic E-state index is 11.9. The van der Waals surface area contributed by atoms with E-state index in [0.29, 0.717) is 26.3 Å². The van der Waals surface area contributed by atoms with E-state index in [1.807, 2.05) is 0 Å². The number of morpholine rings is 1. The van der Waals surface area contributed by atoms with Crippen molar-refractivity contribution in [3.8, 4) is 0 Å². The topological polar surface area (TPSA) is 41.6 Å². The van der Waals surface area contributed by atoms with Gasteiger partial charge in [0, 0.05) is 19.6 Å². The number of rotatable bonds is 4. The van der Waals surface area contributed by atoms with Crippen LogP contribution in [0.1, 0.15) is 6.92 Å². The van der Waals surface area contributed by atoms with Crippen LogP contribution in [-0.2, 0) is 9.53 Å². The minimum absolute atomic E-state index is 0.0294. The summed E-state index contributed by atoms with van der Waals surface area (Å²) in [6.07, 6.45) is 0. The Morgan fingerprint density at radius 2 is 2.21 bits per heavy atom. The van der Waals surface area contributed by atoms with Crippen molar-refractivity contribution in [3.05, 3.63) is 0 Å². The van der Waals surface area contributed by atoms with Gasteiger partial charge in [0.1, 0.15) is 6.67 Å². The molecule has 1 heterocycles. The lowest BCUT2D eigenvalue weighted by molar-refractivity contribution is -0.137. The first kappa shape index (κ1) is 11.4. The Labute approximate surface area is 83.4 Å². The molecule has 4 nitrogen and oxygen atoms in total. The summed E-state index contributed by atoms with van der Waals surface area (Å²) < 4.78 is 17.0. The maximum atomic E-state index is 11.9. The van der Waals surface area contributed by atoms with Crippen molar-refractivity contribution < 1.29 is 13.9 Å². The molecule has 0 aromatic heterocycles. The van der Waals surface area contributed by atoms with Gasteiger partial charge in [-0.05, 0) is 6.92 Å². The van der Waals surface area contributed by atoms with Gasteiger partial charge in [-0.15, -0.1) is 0 Å². The van der Waals surface area contributed by atoms with Gasteiger partial charge in [0.2, 0.25) is 5.91 Å². The number of carbonyl (C=O) groups is 1. The fourth-order valence-corrected chi connectivity index (χ4v) is 1.42. The zero-order valence-corrected chi connectivity index (χ0v) is 8.46. The van der Waals surface area contributed by atoms with Crippen LogP contribution in [-0.4, -0.2) is 56.4 Å². The molecule has 0 spiro atoms. The fraction of sp³-hybridized carbons (Fsp3) is 0.889. The summed E-state index contributed by atoms with van der Waals surface area (Å²) in [4.78, 5) is 13.4. The highest BCUT2D eigenvalue weighted by molar-refractivity contribution is 5.81. The lowest BCUT2D eigenvalue weighted by Crippen LogP contribution is -2.49. The quantitative estimate of drug-likeness (QED) is 0.689. The summed E-state index contributed by atoms with van der Waals surface area (Å²) in [7, 11) is 0. The van der Waals surface area contributed by atoms with Crippen molar-refractivity contribution in [2.45, 2.75) is 13.0 Å². The average molecular weight is 204 g/mol. The number of hydrogen-bond donors (Lipinski definition) is 1. The van der Waals surface area contributed by atoms with Gasteiger partial charge in [-0.2, -0.15) is 0 Å². The van der Waals surface area contributed by atoms with Gasteiger partial charge in [0.25, 0.3) is 0 Å². The van der Waals surface area contributed by atoms with Gasteiger partial charge in [0.05, 0.1) is 19.3 Å². The molecule has 1 unspecified atom stereocenters. The average Bonchev–Trinajstić information content (AvgIpc) is 2.26. The molecule has 1 aliphatic heterocycles. The van der Waals surface area contributed by atoms with Crippen molar-refractivity contribution in [2.75, 3.05) is 39.5 Å². The molecule has 0 radical (unpaired) electrons. The smallest absolute Gasteiger partial charge is 0.239 e. The highest BCUT2D eigenvalue weighted by atomic mass is 19.1. The summed E-state index contributed by atoms with van der Waals surface area (Å²) in [6, 6.07) is -0.302. The molecule has 0 bridgehead atoms. The van der Waals surface area contributed by atoms with Crippen LogP contribution in [0, 0.1) is 0 Å². The van der Waals surface area contributed by atoms with Crippen molar-refractivity contribution in [1.82, 2.24) is 10.2 Å². The number of halogens is 1. The number of alkyl halides is 1. The second kappa shape index (κ2) is 5.93. The second-order valence-corrected chi connectivity index (χ2v) is 3.30. The van der Waals surface area contributed by atoms with Crippen LogP contribution < -0.4 is 5.32 Å². The van der Waals surface area contributed by atoms with Crippen LogP contribution in [0.4, 0.5) is 4.39 Å². The van der Waals surface area contributed by atoms with Crippen LogP contribution in [0.5, 0.6) is 0 Å². The third kappa shape index (κ3) is 3.23. The fourth-order valence-electron chi connectivity index (χ4n) is 1.42. The molecule has 1 N–H and O–H groups in total. The van der Waals surface area contributed by atoms with Gasteiger partial charge in [-0.1, -0.05) is 0 Å².